The second kappa shape index (κ2) is 6.54. The Kier molecular flexibility index (Phi) is 4.78. The van der Waals surface area contributed by atoms with Crippen LogP contribution in [0.15, 0.2) is 41.0 Å². The van der Waals surface area contributed by atoms with Crippen LogP contribution in [-0.2, 0) is 6.42 Å². The zero-order valence-electron chi connectivity index (χ0n) is 16.5. The maximum atomic E-state index is 2.56. The third-order valence-electron chi connectivity index (χ3n) is 6.77. The maximum absolute atomic E-state index is 2.56. The summed E-state index contributed by atoms with van der Waals surface area (Å²) in [5.74, 6) is 1.56. The van der Waals surface area contributed by atoms with E-state index >= 15 is 0 Å². The van der Waals surface area contributed by atoms with Crippen LogP contribution in [0, 0.1) is 18.3 Å². The summed E-state index contributed by atoms with van der Waals surface area (Å²) in [6.45, 7) is 13.4. The molecule has 4 rings (SSSR count). The average molecular weight is 323 g/mol. The summed E-state index contributed by atoms with van der Waals surface area (Å²) in [5.41, 5.74) is 10.1. The number of benzene rings is 1. The van der Waals surface area contributed by atoms with Gasteiger partial charge in [-0.1, -0.05) is 74.3 Å². The zero-order chi connectivity index (χ0) is 17.5. The van der Waals surface area contributed by atoms with Crippen molar-refractivity contribution in [2.45, 2.75) is 79.6 Å². The van der Waals surface area contributed by atoms with Crippen molar-refractivity contribution in [3.05, 3.63) is 57.7 Å². The fraction of sp³-hybridized carbons (Fsp3) is 0.583. The van der Waals surface area contributed by atoms with E-state index in [0.29, 0.717) is 5.41 Å². The van der Waals surface area contributed by atoms with Crippen LogP contribution in [0.1, 0.15) is 82.9 Å². The second-order valence-corrected chi connectivity index (χ2v) is 7.94. The molecule has 0 radical (unpaired) electrons. The Balaban J connectivity index is 0.000000815. The van der Waals surface area contributed by atoms with Crippen LogP contribution >= 0.6 is 0 Å². The van der Waals surface area contributed by atoms with Crippen molar-refractivity contribution in [2.24, 2.45) is 11.3 Å². The minimum atomic E-state index is 0.377. The summed E-state index contributed by atoms with van der Waals surface area (Å²) in [6, 6.07) is 7.18. The van der Waals surface area contributed by atoms with E-state index < -0.39 is 0 Å². The van der Waals surface area contributed by atoms with E-state index in [1.54, 1.807) is 27.8 Å². The van der Waals surface area contributed by atoms with E-state index in [-0.39, 0.29) is 0 Å². The van der Waals surface area contributed by atoms with E-state index in [4.69, 9.17) is 0 Å². The van der Waals surface area contributed by atoms with Gasteiger partial charge in [0.05, 0.1) is 0 Å². The fourth-order valence-electron chi connectivity index (χ4n) is 5.78. The molecule has 3 unspecified atom stereocenters. The van der Waals surface area contributed by atoms with Crippen molar-refractivity contribution < 1.29 is 0 Å². The predicted molar refractivity (Wildman–Crippen MR) is 105 cm³/mol. The second-order valence-electron chi connectivity index (χ2n) is 7.94. The first-order valence-electron chi connectivity index (χ1n) is 10.1. The largest absolute Gasteiger partial charge is 0.0683 e. The highest BCUT2D eigenvalue weighted by Gasteiger charge is 2.47. The molecule has 0 bridgehead atoms. The van der Waals surface area contributed by atoms with Gasteiger partial charge in [-0.15, -0.1) is 0 Å². The van der Waals surface area contributed by atoms with E-state index in [2.05, 4.69) is 52.0 Å². The van der Waals surface area contributed by atoms with Gasteiger partial charge < -0.3 is 0 Å². The quantitative estimate of drug-likeness (QED) is 0.515. The van der Waals surface area contributed by atoms with E-state index in [0.717, 1.165) is 11.8 Å². The summed E-state index contributed by atoms with van der Waals surface area (Å²) < 4.78 is 0. The SMILES string of the molecule is CC.CCC1=C(C)C=C2C3CCc4cc(C)ccc4C3CCC21C. The number of allylic oxidation sites excluding steroid dienone is 4. The van der Waals surface area contributed by atoms with E-state index in [1.165, 1.54) is 37.7 Å². The molecule has 0 heteroatoms. The summed E-state index contributed by atoms with van der Waals surface area (Å²) in [5, 5.41) is 0. The van der Waals surface area contributed by atoms with Gasteiger partial charge in [0.2, 0.25) is 0 Å². The molecule has 0 aliphatic heterocycles. The van der Waals surface area contributed by atoms with Crippen molar-refractivity contribution >= 4 is 0 Å². The lowest BCUT2D eigenvalue weighted by Gasteiger charge is -2.47. The molecule has 0 heterocycles. The normalized spacial score (nSPS) is 30.7. The first kappa shape index (κ1) is 17.5. The average Bonchev–Trinajstić information content (AvgIpc) is 2.85. The highest BCUT2D eigenvalue weighted by Crippen LogP contribution is 2.60. The van der Waals surface area contributed by atoms with Crippen LogP contribution in [0.2, 0.25) is 0 Å². The van der Waals surface area contributed by atoms with Crippen molar-refractivity contribution in [1.29, 1.82) is 0 Å². The molecule has 3 aliphatic carbocycles. The Bertz CT molecular complexity index is 688. The maximum Gasteiger partial charge on any atom is 0.0104 e. The summed E-state index contributed by atoms with van der Waals surface area (Å²) >= 11 is 0. The molecule has 0 nitrogen and oxygen atoms in total. The number of fused-ring (bicyclic) bond motifs is 5. The molecule has 3 aliphatic rings. The van der Waals surface area contributed by atoms with Crippen LogP contribution < -0.4 is 0 Å². The van der Waals surface area contributed by atoms with Gasteiger partial charge in [-0.05, 0) is 68.9 Å². The van der Waals surface area contributed by atoms with Gasteiger partial charge in [0.15, 0.2) is 0 Å². The third kappa shape index (κ3) is 2.50. The highest BCUT2D eigenvalue weighted by atomic mass is 14.5. The first-order valence-corrected chi connectivity index (χ1v) is 10.1. The molecule has 0 saturated heterocycles. The lowest BCUT2D eigenvalue weighted by molar-refractivity contribution is 0.247. The van der Waals surface area contributed by atoms with Crippen LogP contribution in [0.25, 0.3) is 0 Å². The Labute approximate surface area is 149 Å². The lowest BCUT2D eigenvalue weighted by Crippen LogP contribution is -2.36. The van der Waals surface area contributed by atoms with Crippen LogP contribution in [0.5, 0.6) is 0 Å². The van der Waals surface area contributed by atoms with E-state index in [9.17, 15) is 0 Å². The standard InChI is InChI=1S/C22H28.C2H6/c1-5-20-15(3)13-21-19-9-7-16-12-14(2)6-8-17(16)18(19)10-11-22(20,21)4;1-2/h6,8,12-13,18-19H,5,7,9-11H2,1-4H3;1-2H3. The minimum Gasteiger partial charge on any atom is -0.0683 e. The minimum absolute atomic E-state index is 0.377. The Morgan fingerprint density at radius 3 is 2.54 bits per heavy atom. The van der Waals surface area contributed by atoms with Crippen LogP contribution in [0.3, 0.4) is 0 Å². The smallest absolute Gasteiger partial charge is 0.0104 e. The van der Waals surface area contributed by atoms with Gasteiger partial charge in [0.25, 0.3) is 0 Å². The predicted octanol–water partition coefficient (Wildman–Crippen LogP) is 7.13. The molecule has 3 atom stereocenters. The van der Waals surface area contributed by atoms with Gasteiger partial charge in [-0.2, -0.15) is 0 Å². The Morgan fingerprint density at radius 2 is 1.83 bits per heavy atom. The number of aryl methyl sites for hydroxylation is 2. The number of hydrogen-bond acceptors (Lipinski definition) is 0. The van der Waals surface area contributed by atoms with Gasteiger partial charge >= 0.3 is 0 Å². The number of rotatable bonds is 1. The highest BCUT2D eigenvalue weighted by molar-refractivity contribution is 5.51. The Hall–Kier alpha value is -1.30. The zero-order valence-corrected chi connectivity index (χ0v) is 16.5. The summed E-state index contributed by atoms with van der Waals surface area (Å²) in [7, 11) is 0. The van der Waals surface area contributed by atoms with Gasteiger partial charge in [-0.25, -0.2) is 0 Å². The molecule has 0 aromatic heterocycles. The molecular formula is C24H34. The van der Waals surface area contributed by atoms with Crippen LogP contribution in [0.4, 0.5) is 0 Å². The third-order valence-corrected chi connectivity index (χ3v) is 6.77. The van der Waals surface area contributed by atoms with E-state index in [1.807, 2.05) is 13.8 Å². The van der Waals surface area contributed by atoms with Crippen LogP contribution in [-0.4, -0.2) is 0 Å². The summed E-state index contributed by atoms with van der Waals surface area (Å²) in [4.78, 5) is 0. The van der Waals surface area contributed by atoms with Gasteiger partial charge in [-0.3, -0.25) is 0 Å². The fourth-order valence-corrected chi connectivity index (χ4v) is 5.78. The van der Waals surface area contributed by atoms with Crippen molar-refractivity contribution in [2.75, 3.05) is 0 Å². The first-order chi connectivity index (χ1) is 11.5. The van der Waals surface area contributed by atoms with Gasteiger partial charge in [0, 0.05) is 5.41 Å². The van der Waals surface area contributed by atoms with Crippen molar-refractivity contribution in [3.8, 4) is 0 Å². The van der Waals surface area contributed by atoms with Crippen molar-refractivity contribution in [1.82, 2.24) is 0 Å². The summed E-state index contributed by atoms with van der Waals surface area (Å²) in [6.07, 6.45) is 9.11. The molecule has 0 amide bonds. The van der Waals surface area contributed by atoms with Gasteiger partial charge in [0.1, 0.15) is 0 Å². The molecule has 1 aromatic carbocycles. The number of hydrogen-bond donors (Lipinski definition) is 0. The molecule has 1 aromatic rings. The molecular weight excluding hydrogens is 288 g/mol. The monoisotopic (exact) mass is 322 g/mol. The molecule has 24 heavy (non-hydrogen) atoms. The molecule has 0 N–H and O–H groups in total. The van der Waals surface area contributed by atoms with Crippen molar-refractivity contribution in [3.63, 3.8) is 0 Å². The lowest BCUT2D eigenvalue weighted by atomic mass is 9.57. The topological polar surface area (TPSA) is 0 Å². The molecule has 130 valence electrons. The Morgan fingerprint density at radius 1 is 1.08 bits per heavy atom. The molecule has 1 saturated carbocycles. The molecule has 0 spiro atoms. The molecule has 1 fully saturated rings.